The number of halogens is 1. The highest BCUT2D eigenvalue weighted by atomic mass is 35.5. The van der Waals surface area contributed by atoms with Crippen molar-refractivity contribution < 1.29 is 14.3 Å². The number of hydrogen-bond donors (Lipinski definition) is 1. The summed E-state index contributed by atoms with van der Waals surface area (Å²) < 4.78 is 10.5. The SMILES string of the molecule is CNC(=O)Oc1ccccc1OC(C)CCl. The molecule has 0 aliphatic heterocycles. The predicted molar refractivity (Wildman–Crippen MR) is 62.3 cm³/mol. The Kier molecular flexibility index (Phi) is 4.92. The quantitative estimate of drug-likeness (QED) is 0.827. The van der Waals surface area contributed by atoms with E-state index in [-0.39, 0.29) is 6.10 Å². The Morgan fingerprint density at radius 2 is 2.06 bits per heavy atom. The van der Waals surface area contributed by atoms with Gasteiger partial charge in [-0.1, -0.05) is 12.1 Å². The molecule has 0 aliphatic carbocycles. The Balaban J connectivity index is 2.79. The maximum atomic E-state index is 11.1. The molecular formula is C11H14ClNO3. The number of amides is 1. The van der Waals surface area contributed by atoms with Crippen LogP contribution in [-0.4, -0.2) is 25.1 Å². The second-order valence-electron chi connectivity index (χ2n) is 3.17. The van der Waals surface area contributed by atoms with E-state index in [1.165, 1.54) is 7.05 Å². The van der Waals surface area contributed by atoms with Crippen LogP contribution in [0.3, 0.4) is 0 Å². The molecule has 1 rings (SSSR count). The molecule has 1 aromatic carbocycles. The van der Waals surface area contributed by atoms with Gasteiger partial charge in [-0.15, -0.1) is 11.6 Å². The van der Waals surface area contributed by atoms with Gasteiger partial charge in [0.05, 0.1) is 5.88 Å². The number of hydrogen-bond acceptors (Lipinski definition) is 3. The minimum atomic E-state index is -0.533. The van der Waals surface area contributed by atoms with Crippen molar-refractivity contribution in [2.24, 2.45) is 0 Å². The van der Waals surface area contributed by atoms with E-state index in [0.29, 0.717) is 17.4 Å². The van der Waals surface area contributed by atoms with Crippen molar-refractivity contribution in [2.75, 3.05) is 12.9 Å². The molecule has 0 radical (unpaired) electrons. The van der Waals surface area contributed by atoms with Crippen LogP contribution in [0.2, 0.25) is 0 Å². The van der Waals surface area contributed by atoms with Crippen LogP contribution in [0.25, 0.3) is 0 Å². The molecule has 0 aromatic heterocycles. The molecule has 0 bridgehead atoms. The zero-order valence-corrected chi connectivity index (χ0v) is 9.95. The lowest BCUT2D eigenvalue weighted by Gasteiger charge is -2.14. The van der Waals surface area contributed by atoms with Gasteiger partial charge >= 0.3 is 6.09 Å². The monoisotopic (exact) mass is 243 g/mol. The summed E-state index contributed by atoms with van der Waals surface area (Å²) in [7, 11) is 1.49. The Morgan fingerprint density at radius 3 is 2.62 bits per heavy atom. The number of alkyl halides is 1. The Labute approximate surface area is 99.5 Å². The van der Waals surface area contributed by atoms with Crippen molar-refractivity contribution in [1.82, 2.24) is 5.32 Å². The summed E-state index contributed by atoms with van der Waals surface area (Å²) in [6, 6.07) is 6.94. The van der Waals surface area contributed by atoms with Crippen LogP contribution < -0.4 is 14.8 Å². The molecular weight excluding hydrogens is 230 g/mol. The van der Waals surface area contributed by atoms with Gasteiger partial charge in [0.25, 0.3) is 0 Å². The Morgan fingerprint density at radius 1 is 1.44 bits per heavy atom. The first-order valence-corrected chi connectivity index (χ1v) is 5.42. The average Bonchev–Trinajstić information content (AvgIpc) is 2.31. The first-order chi connectivity index (χ1) is 7.67. The van der Waals surface area contributed by atoms with Crippen LogP contribution in [0.15, 0.2) is 24.3 Å². The van der Waals surface area contributed by atoms with Gasteiger partial charge in [0, 0.05) is 7.05 Å². The smallest absolute Gasteiger partial charge is 0.412 e. The fourth-order valence-corrected chi connectivity index (χ4v) is 1.09. The van der Waals surface area contributed by atoms with Crippen molar-refractivity contribution in [3.63, 3.8) is 0 Å². The van der Waals surface area contributed by atoms with E-state index < -0.39 is 6.09 Å². The molecule has 16 heavy (non-hydrogen) atoms. The number of para-hydroxylation sites is 2. The zero-order valence-electron chi connectivity index (χ0n) is 9.20. The third-order valence-corrected chi connectivity index (χ3v) is 2.24. The summed E-state index contributed by atoms with van der Waals surface area (Å²) in [5.74, 6) is 1.24. The summed E-state index contributed by atoms with van der Waals surface area (Å²) in [6.45, 7) is 1.84. The van der Waals surface area contributed by atoms with E-state index >= 15 is 0 Å². The van der Waals surface area contributed by atoms with Crippen molar-refractivity contribution >= 4 is 17.7 Å². The van der Waals surface area contributed by atoms with E-state index in [1.54, 1.807) is 24.3 Å². The second-order valence-corrected chi connectivity index (χ2v) is 3.48. The number of carbonyl (C=O) groups excluding carboxylic acids is 1. The molecule has 1 amide bonds. The first kappa shape index (κ1) is 12.6. The van der Waals surface area contributed by atoms with E-state index in [0.717, 1.165) is 0 Å². The molecule has 5 heteroatoms. The van der Waals surface area contributed by atoms with Gasteiger partial charge in [0.1, 0.15) is 6.10 Å². The summed E-state index contributed by atoms with van der Waals surface area (Å²) >= 11 is 5.64. The van der Waals surface area contributed by atoms with Crippen molar-refractivity contribution in [3.05, 3.63) is 24.3 Å². The maximum absolute atomic E-state index is 11.1. The normalized spacial score (nSPS) is 11.7. The van der Waals surface area contributed by atoms with Gasteiger partial charge in [-0.3, -0.25) is 0 Å². The molecule has 0 fully saturated rings. The number of carbonyl (C=O) groups is 1. The molecule has 0 saturated heterocycles. The predicted octanol–water partition coefficient (Wildman–Crippen LogP) is 2.41. The van der Waals surface area contributed by atoms with Crippen LogP contribution in [0, 0.1) is 0 Å². The van der Waals surface area contributed by atoms with Crippen molar-refractivity contribution in [1.29, 1.82) is 0 Å². The summed E-state index contributed by atoms with van der Waals surface area (Å²) in [6.07, 6.45) is -0.675. The highest BCUT2D eigenvalue weighted by Crippen LogP contribution is 2.27. The third kappa shape index (κ3) is 3.62. The number of ether oxygens (including phenoxy) is 2. The molecule has 88 valence electrons. The molecule has 0 saturated carbocycles. The van der Waals surface area contributed by atoms with Gasteiger partial charge in [0.2, 0.25) is 0 Å². The number of benzene rings is 1. The van der Waals surface area contributed by atoms with Gasteiger partial charge < -0.3 is 14.8 Å². The summed E-state index contributed by atoms with van der Waals surface area (Å²) in [5, 5.41) is 2.37. The summed E-state index contributed by atoms with van der Waals surface area (Å²) in [4.78, 5) is 11.1. The number of rotatable bonds is 4. The molecule has 0 spiro atoms. The minimum Gasteiger partial charge on any atom is -0.486 e. The van der Waals surface area contributed by atoms with Crippen LogP contribution in [-0.2, 0) is 0 Å². The molecule has 1 unspecified atom stereocenters. The van der Waals surface area contributed by atoms with E-state index in [4.69, 9.17) is 21.1 Å². The number of nitrogens with one attached hydrogen (secondary N) is 1. The fraction of sp³-hybridized carbons (Fsp3) is 0.364. The highest BCUT2D eigenvalue weighted by molar-refractivity contribution is 6.18. The molecule has 1 N–H and O–H groups in total. The first-order valence-electron chi connectivity index (χ1n) is 4.88. The third-order valence-electron chi connectivity index (χ3n) is 1.80. The van der Waals surface area contributed by atoms with Gasteiger partial charge in [-0.05, 0) is 19.1 Å². The van der Waals surface area contributed by atoms with E-state index in [9.17, 15) is 4.79 Å². The molecule has 1 aromatic rings. The molecule has 0 heterocycles. The van der Waals surface area contributed by atoms with Crippen molar-refractivity contribution in [3.8, 4) is 11.5 Å². The van der Waals surface area contributed by atoms with Crippen molar-refractivity contribution in [2.45, 2.75) is 13.0 Å². The highest BCUT2D eigenvalue weighted by Gasteiger charge is 2.10. The Hall–Kier alpha value is -1.42. The van der Waals surface area contributed by atoms with Crippen LogP contribution in [0.4, 0.5) is 4.79 Å². The summed E-state index contributed by atoms with van der Waals surface area (Å²) in [5.41, 5.74) is 0. The standard InChI is InChI=1S/C11H14ClNO3/c1-8(7-12)15-9-5-3-4-6-10(9)16-11(14)13-2/h3-6,8H,7H2,1-2H3,(H,13,14). The lowest BCUT2D eigenvalue weighted by molar-refractivity contribution is 0.194. The lowest BCUT2D eigenvalue weighted by Crippen LogP contribution is -2.23. The maximum Gasteiger partial charge on any atom is 0.412 e. The topological polar surface area (TPSA) is 47.6 Å². The van der Waals surface area contributed by atoms with Crippen LogP contribution in [0.1, 0.15) is 6.92 Å². The van der Waals surface area contributed by atoms with E-state index in [1.807, 2.05) is 6.92 Å². The second kappa shape index (κ2) is 6.23. The van der Waals surface area contributed by atoms with Gasteiger partial charge in [0.15, 0.2) is 11.5 Å². The van der Waals surface area contributed by atoms with Crippen LogP contribution in [0.5, 0.6) is 11.5 Å². The molecule has 4 nitrogen and oxygen atoms in total. The van der Waals surface area contributed by atoms with Gasteiger partial charge in [-0.2, -0.15) is 0 Å². The average molecular weight is 244 g/mol. The van der Waals surface area contributed by atoms with Gasteiger partial charge in [-0.25, -0.2) is 4.79 Å². The molecule has 1 atom stereocenters. The van der Waals surface area contributed by atoms with Crippen LogP contribution >= 0.6 is 11.6 Å². The Bertz CT molecular complexity index is 357. The minimum absolute atomic E-state index is 0.142. The van der Waals surface area contributed by atoms with E-state index in [2.05, 4.69) is 5.32 Å². The molecule has 0 aliphatic rings. The largest absolute Gasteiger partial charge is 0.486 e. The lowest BCUT2D eigenvalue weighted by atomic mass is 10.3. The fourth-order valence-electron chi connectivity index (χ4n) is 1.03. The zero-order chi connectivity index (χ0) is 12.0.